The largest absolute Gasteiger partial charge is 0.371 e. The second-order valence-corrected chi connectivity index (χ2v) is 3.38. The van der Waals surface area contributed by atoms with Gasteiger partial charge in [0.2, 0.25) is 0 Å². The molecule has 2 atom stereocenters. The van der Waals surface area contributed by atoms with Crippen molar-refractivity contribution in [1.82, 2.24) is 5.32 Å². The second kappa shape index (κ2) is 4.03. The third-order valence-corrected chi connectivity index (χ3v) is 2.38. The van der Waals surface area contributed by atoms with Crippen LogP contribution in [0.25, 0.3) is 0 Å². The van der Waals surface area contributed by atoms with Crippen LogP contribution >= 0.6 is 0 Å². The number of allylic oxidation sites excluding steroid dienone is 2. The molecule has 1 fully saturated rings. The Morgan fingerprint density at radius 2 is 2.46 bits per heavy atom. The number of hydrogen-bond acceptors (Lipinski definition) is 2. The minimum absolute atomic E-state index is 0.123. The molecule has 0 aromatic carbocycles. The van der Waals surface area contributed by atoms with Crippen molar-refractivity contribution in [3.05, 3.63) is 23.8 Å². The lowest BCUT2D eigenvalue weighted by Crippen LogP contribution is -2.39. The Kier molecular flexibility index (Phi) is 2.76. The van der Waals surface area contributed by atoms with Crippen LogP contribution in [0, 0.1) is 0 Å². The highest BCUT2D eigenvalue weighted by atomic mass is 19.1. The summed E-state index contributed by atoms with van der Waals surface area (Å²) >= 11 is 0. The Labute approximate surface area is 77.5 Å². The topological polar surface area (TPSA) is 21.3 Å². The fourth-order valence-electron chi connectivity index (χ4n) is 1.63. The summed E-state index contributed by atoms with van der Waals surface area (Å²) in [6.07, 6.45) is 5.19. The molecule has 2 aliphatic rings. The SMILES string of the molecule is FC1C=CC(C2CNCCO2)=CC1. The zero-order chi connectivity index (χ0) is 9.10. The van der Waals surface area contributed by atoms with E-state index in [1.807, 2.05) is 12.2 Å². The van der Waals surface area contributed by atoms with Gasteiger partial charge in [-0.25, -0.2) is 4.39 Å². The molecule has 3 heteroatoms. The van der Waals surface area contributed by atoms with Crippen LogP contribution in [-0.2, 0) is 4.74 Å². The molecule has 72 valence electrons. The van der Waals surface area contributed by atoms with E-state index in [1.165, 1.54) is 0 Å². The smallest absolute Gasteiger partial charge is 0.122 e. The molecule has 1 heterocycles. The van der Waals surface area contributed by atoms with Crippen LogP contribution in [0.1, 0.15) is 6.42 Å². The number of halogens is 1. The van der Waals surface area contributed by atoms with E-state index in [0.29, 0.717) is 6.42 Å². The minimum Gasteiger partial charge on any atom is -0.371 e. The van der Waals surface area contributed by atoms with Crippen LogP contribution in [0.3, 0.4) is 0 Å². The molecule has 0 aromatic heterocycles. The van der Waals surface area contributed by atoms with Gasteiger partial charge in [0.25, 0.3) is 0 Å². The van der Waals surface area contributed by atoms with E-state index < -0.39 is 6.17 Å². The lowest BCUT2D eigenvalue weighted by molar-refractivity contribution is 0.0534. The summed E-state index contributed by atoms with van der Waals surface area (Å²) in [4.78, 5) is 0. The van der Waals surface area contributed by atoms with E-state index in [9.17, 15) is 4.39 Å². The summed E-state index contributed by atoms with van der Waals surface area (Å²) in [5.74, 6) is 0. The number of morpholine rings is 1. The van der Waals surface area contributed by atoms with Gasteiger partial charge in [-0.05, 0) is 5.57 Å². The molecule has 1 N–H and O–H groups in total. The van der Waals surface area contributed by atoms with Crippen molar-refractivity contribution in [3.8, 4) is 0 Å². The fourth-order valence-corrected chi connectivity index (χ4v) is 1.63. The number of rotatable bonds is 1. The van der Waals surface area contributed by atoms with Gasteiger partial charge in [-0.2, -0.15) is 0 Å². The van der Waals surface area contributed by atoms with Crippen molar-refractivity contribution < 1.29 is 9.13 Å². The summed E-state index contributed by atoms with van der Waals surface area (Å²) in [6.45, 7) is 2.50. The normalized spacial score (nSPS) is 34.4. The standard InChI is InChI=1S/C10H14FNO/c11-9-3-1-8(2-4-9)10-7-12-5-6-13-10/h1-3,9-10,12H,4-7H2. The number of hydrogen-bond donors (Lipinski definition) is 1. The molecule has 0 radical (unpaired) electrons. The summed E-state index contributed by atoms with van der Waals surface area (Å²) in [6, 6.07) is 0. The van der Waals surface area contributed by atoms with Crippen molar-refractivity contribution in [1.29, 1.82) is 0 Å². The van der Waals surface area contributed by atoms with Crippen molar-refractivity contribution in [2.45, 2.75) is 18.7 Å². The first-order chi connectivity index (χ1) is 6.36. The van der Waals surface area contributed by atoms with Gasteiger partial charge in [0.15, 0.2) is 0 Å². The molecule has 2 unspecified atom stereocenters. The molecular weight excluding hydrogens is 169 g/mol. The predicted octanol–water partition coefficient (Wildman–Crippen LogP) is 1.20. The van der Waals surface area contributed by atoms with Gasteiger partial charge in [-0.3, -0.25) is 0 Å². The van der Waals surface area contributed by atoms with Gasteiger partial charge in [-0.1, -0.05) is 18.2 Å². The number of nitrogens with one attached hydrogen (secondary N) is 1. The molecule has 2 nitrogen and oxygen atoms in total. The third-order valence-electron chi connectivity index (χ3n) is 2.38. The highest BCUT2D eigenvalue weighted by Gasteiger charge is 2.18. The fraction of sp³-hybridized carbons (Fsp3) is 0.600. The van der Waals surface area contributed by atoms with Crippen LogP contribution in [-0.4, -0.2) is 32.0 Å². The summed E-state index contributed by atoms with van der Waals surface area (Å²) in [5, 5.41) is 3.25. The zero-order valence-electron chi connectivity index (χ0n) is 7.50. The number of ether oxygens (including phenoxy) is 1. The zero-order valence-corrected chi connectivity index (χ0v) is 7.50. The van der Waals surface area contributed by atoms with Crippen LogP contribution in [0.2, 0.25) is 0 Å². The van der Waals surface area contributed by atoms with E-state index in [4.69, 9.17) is 4.74 Å². The monoisotopic (exact) mass is 183 g/mol. The van der Waals surface area contributed by atoms with E-state index in [-0.39, 0.29) is 6.10 Å². The first-order valence-corrected chi connectivity index (χ1v) is 4.71. The van der Waals surface area contributed by atoms with Gasteiger partial charge < -0.3 is 10.1 Å². The summed E-state index contributed by atoms with van der Waals surface area (Å²) < 4.78 is 18.3. The molecule has 0 amide bonds. The first kappa shape index (κ1) is 8.91. The molecule has 0 saturated carbocycles. The molecule has 0 aromatic rings. The Morgan fingerprint density at radius 3 is 3.08 bits per heavy atom. The average Bonchev–Trinajstić information content (AvgIpc) is 2.20. The van der Waals surface area contributed by atoms with E-state index in [2.05, 4.69) is 5.32 Å². The van der Waals surface area contributed by atoms with Gasteiger partial charge >= 0.3 is 0 Å². The average molecular weight is 183 g/mol. The summed E-state index contributed by atoms with van der Waals surface area (Å²) in [7, 11) is 0. The van der Waals surface area contributed by atoms with Gasteiger partial charge in [-0.15, -0.1) is 0 Å². The highest BCUT2D eigenvalue weighted by Crippen LogP contribution is 2.18. The lowest BCUT2D eigenvalue weighted by atomic mass is 10.0. The van der Waals surface area contributed by atoms with Crippen LogP contribution in [0.4, 0.5) is 4.39 Å². The van der Waals surface area contributed by atoms with Crippen molar-refractivity contribution in [2.24, 2.45) is 0 Å². The van der Waals surface area contributed by atoms with Gasteiger partial charge in [0.05, 0.1) is 12.7 Å². The Bertz CT molecular complexity index is 231. The number of alkyl halides is 1. The second-order valence-electron chi connectivity index (χ2n) is 3.38. The maximum absolute atomic E-state index is 12.7. The first-order valence-electron chi connectivity index (χ1n) is 4.71. The van der Waals surface area contributed by atoms with E-state index in [0.717, 1.165) is 25.3 Å². The third kappa shape index (κ3) is 2.17. The Hall–Kier alpha value is -0.670. The molecule has 13 heavy (non-hydrogen) atoms. The molecule has 1 aliphatic carbocycles. The van der Waals surface area contributed by atoms with Crippen LogP contribution in [0.15, 0.2) is 23.8 Å². The van der Waals surface area contributed by atoms with E-state index in [1.54, 1.807) is 6.08 Å². The Morgan fingerprint density at radius 1 is 1.54 bits per heavy atom. The van der Waals surface area contributed by atoms with Gasteiger partial charge in [0.1, 0.15) is 6.17 Å². The van der Waals surface area contributed by atoms with Crippen molar-refractivity contribution >= 4 is 0 Å². The van der Waals surface area contributed by atoms with E-state index >= 15 is 0 Å². The molecule has 1 saturated heterocycles. The van der Waals surface area contributed by atoms with Crippen LogP contribution in [0.5, 0.6) is 0 Å². The highest BCUT2D eigenvalue weighted by molar-refractivity contribution is 5.28. The maximum atomic E-state index is 12.7. The van der Waals surface area contributed by atoms with Crippen molar-refractivity contribution in [2.75, 3.05) is 19.7 Å². The molecule has 0 bridgehead atoms. The minimum atomic E-state index is -0.805. The quantitative estimate of drug-likeness (QED) is 0.659. The lowest BCUT2D eigenvalue weighted by Gasteiger charge is -2.26. The summed E-state index contributed by atoms with van der Waals surface area (Å²) in [5.41, 5.74) is 1.11. The molecule has 2 rings (SSSR count). The molecular formula is C10H14FNO. The molecule has 0 spiro atoms. The van der Waals surface area contributed by atoms with Gasteiger partial charge in [0, 0.05) is 19.5 Å². The van der Waals surface area contributed by atoms with Crippen LogP contribution < -0.4 is 5.32 Å². The Balaban J connectivity index is 1.96. The van der Waals surface area contributed by atoms with Crippen molar-refractivity contribution in [3.63, 3.8) is 0 Å². The maximum Gasteiger partial charge on any atom is 0.122 e. The molecule has 1 aliphatic heterocycles. The predicted molar refractivity (Wildman–Crippen MR) is 49.3 cm³/mol.